The van der Waals surface area contributed by atoms with Crippen molar-refractivity contribution in [2.75, 3.05) is 18.4 Å². The fourth-order valence-corrected chi connectivity index (χ4v) is 1.88. The van der Waals surface area contributed by atoms with Gasteiger partial charge in [-0.3, -0.25) is 9.59 Å². The molecule has 0 saturated heterocycles. The summed E-state index contributed by atoms with van der Waals surface area (Å²) in [6.07, 6.45) is 0.113. The number of carbonyl (C=O) groups is 2. The van der Waals surface area contributed by atoms with Crippen molar-refractivity contribution in [1.82, 2.24) is 5.32 Å². The highest BCUT2D eigenvalue weighted by molar-refractivity contribution is 5.98. The lowest BCUT2D eigenvalue weighted by Crippen LogP contribution is -2.29. The maximum atomic E-state index is 11.8. The van der Waals surface area contributed by atoms with Gasteiger partial charge in [-0.2, -0.15) is 0 Å². The predicted octanol–water partition coefficient (Wildman–Crippen LogP) is 0.485. The van der Waals surface area contributed by atoms with E-state index < -0.39 is 0 Å². The number of hydrogen-bond acceptors (Lipinski definition) is 4. The molecule has 0 fully saturated rings. The summed E-state index contributed by atoms with van der Waals surface area (Å²) >= 11 is 0. The zero-order valence-corrected chi connectivity index (χ0v) is 10.7. The molecule has 0 saturated carbocycles. The maximum Gasteiger partial charge on any atom is 0.251 e. The van der Waals surface area contributed by atoms with Crippen LogP contribution in [-0.4, -0.2) is 31.0 Å². The van der Waals surface area contributed by atoms with Crippen LogP contribution in [0.15, 0.2) is 18.2 Å². The van der Waals surface area contributed by atoms with Crippen LogP contribution in [0.1, 0.15) is 23.7 Å². The largest absolute Gasteiger partial charge is 0.488 e. The van der Waals surface area contributed by atoms with Crippen molar-refractivity contribution in [2.45, 2.75) is 19.4 Å². The molecule has 1 aromatic rings. The summed E-state index contributed by atoms with van der Waals surface area (Å²) in [6, 6.07) is 4.96. The molecule has 1 aromatic carbocycles. The van der Waals surface area contributed by atoms with Crippen LogP contribution in [0, 0.1) is 0 Å². The Kier molecular flexibility index (Phi) is 4.01. The number of benzene rings is 1. The summed E-state index contributed by atoms with van der Waals surface area (Å²) in [4.78, 5) is 23.4. The summed E-state index contributed by atoms with van der Waals surface area (Å²) in [6.45, 7) is 2.63. The normalized spacial score (nSPS) is 17.8. The van der Waals surface area contributed by atoms with Crippen LogP contribution in [0.3, 0.4) is 0 Å². The van der Waals surface area contributed by atoms with E-state index in [9.17, 15) is 9.59 Å². The van der Waals surface area contributed by atoms with Crippen molar-refractivity contribution in [2.24, 2.45) is 5.73 Å². The van der Waals surface area contributed by atoms with E-state index in [1.165, 1.54) is 0 Å². The van der Waals surface area contributed by atoms with E-state index in [1.807, 2.05) is 6.92 Å². The first-order valence-electron chi connectivity index (χ1n) is 6.19. The molecule has 0 aromatic heterocycles. The molecular formula is C13H17N3O3. The van der Waals surface area contributed by atoms with Gasteiger partial charge in [0.2, 0.25) is 5.91 Å². The number of amides is 2. The summed E-state index contributed by atoms with van der Waals surface area (Å²) in [5.41, 5.74) is 6.31. The Labute approximate surface area is 111 Å². The molecule has 19 heavy (non-hydrogen) atoms. The summed E-state index contributed by atoms with van der Waals surface area (Å²) in [5.74, 6) is 0.235. The van der Waals surface area contributed by atoms with Crippen LogP contribution in [0.25, 0.3) is 0 Å². The van der Waals surface area contributed by atoms with Crippen molar-refractivity contribution < 1.29 is 14.3 Å². The minimum atomic E-state index is -0.222. The molecule has 0 aliphatic carbocycles. The van der Waals surface area contributed by atoms with Gasteiger partial charge in [-0.05, 0) is 25.1 Å². The highest BCUT2D eigenvalue weighted by Gasteiger charge is 2.20. The second-order valence-corrected chi connectivity index (χ2v) is 4.44. The Hall–Kier alpha value is -2.08. The van der Waals surface area contributed by atoms with E-state index in [-0.39, 0.29) is 17.9 Å². The third-order valence-electron chi connectivity index (χ3n) is 2.75. The third-order valence-corrected chi connectivity index (χ3v) is 2.75. The minimum Gasteiger partial charge on any atom is -0.488 e. The van der Waals surface area contributed by atoms with E-state index in [2.05, 4.69) is 10.6 Å². The van der Waals surface area contributed by atoms with Crippen LogP contribution in [0.4, 0.5) is 5.69 Å². The van der Waals surface area contributed by atoms with E-state index >= 15 is 0 Å². The number of nitrogens with two attached hydrogens (primary N) is 1. The molecule has 1 heterocycles. The fraction of sp³-hybridized carbons (Fsp3) is 0.385. The van der Waals surface area contributed by atoms with Gasteiger partial charge < -0.3 is 21.1 Å². The number of anilines is 1. The fourth-order valence-electron chi connectivity index (χ4n) is 1.88. The van der Waals surface area contributed by atoms with Gasteiger partial charge in [0.15, 0.2) is 0 Å². The van der Waals surface area contributed by atoms with Gasteiger partial charge in [-0.15, -0.1) is 0 Å². The zero-order valence-electron chi connectivity index (χ0n) is 10.7. The van der Waals surface area contributed by atoms with Gasteiger partial charge in [0, 0.05) is 18.7 Å². The average Bonchev–Trinajstić information content (AvgIpc) is 2.51. The third kappa shape index (κ3) is 3.23. The van der Waals surface area contributed by atoms with Gasteiger partial charge in [0.25, 0.3) is 5.91 Å². The van der Waals surface area contributed by atoms with Gasteiger partial charge in [0.05, 0.1) is 12.1 Å². The first kappa shape index (κ1) is 13.4. The van der Waals surface area contributed by atoms with Crippen LogP contribution < -0.4 is 21.1 Å². The highest BCUT2D eigenvalue weighted by Crippen LogP contribution is 2.29. The van der Waals surface area contributed by atoms with Crippen LogP contribution in [-0.2, 0) is 4.79 Å². The van der Waals surface area contributed by atoms with Crippen molar-refractivity contribution in [3.8, 4) is 5.75 Å². The molecule has 1 atom stereocenters. The SMILES string of the molecule is CC1CC(=O)Nc2cc(C(=O)NCCN)ccc2O1. The second kappa shape index (κ2) is 5.71. The van der Waals surface area contributed by atoms with Crippen LogP contribution >= 0.6 is 0 Å². The Balaban J connectivity index is 2.23. The number of nitrogens with one attached hydrogen (secondary N) is 2. The number of ether oxygens (including phenoxy) is 1. The minimum absolute atomic E-state index is 0.120. The maximum absolute atomic E-state index is 11.8. The van der Waals surface area contributed by atoms with Gasteiger partial charge in [-0.1, -0.05) is 0 Å². The Morgan fingerprint density at radius 3 is 3.11 bits per heavy atom. The second-order valence-electron chi connectivity index (χ2n) is 4.44. The van der Waals surface area contributed by atoms with Crippen molar-refractivity contribution >= 4 is 17.5 Å². The van der Waals surface area contributed by atoms with E-state index in [1.54, 1.807) is 18.2 Å². The molecule has 2 rings (SSSR count). The van der Waals surface area contributed by atoms with E-state index in [4.69, 9.17) is 10.5 Å². The van der Waals surface area contributed by atoms with Crippen LogP contribution in [0.5, 0.6) is 5.75 Å². The molecule has 2 amide bonds. The number of fused-ring (bicyclic) bond motifs is 1. The Morgan fingerprint density at radius 1 is 1.58 bits per heavy atom. The Morgan fingerprint density at radius 2 is 2.37 bits per heavy atom. The lowest BCUT2D eigenvalue weighted by atomic mass is 10.1. The monoisotopic (exact) mass is 263 g/mol. The van der Waals surface area contributed by atoms with Gasteiger partial charge in [0.1, 0.15) is 11.9 Å². The molecule has 1 aliphatic heterocycles. The molecule has 0 spiro atoms. The van der Waals surface area contributed by atoms with E-state index in [0.717, 1.165) is 0 Å². The Bertz CT molecular complexity index is 502. The molecule has 0 radical (unpaired) electrons. The molecule has 6 heteroatoms. The number of hydrogen-bond donors (Lipinski definition) is 3. The lowest BCUT2D eigenvalue weighted by molar-refractivity contribution is -0.117. The summed E-state index contributed by atoms with van der Waals surface area (Å²) in [5, 5.41) is 5.41. The number of rotatable bonds is 3. The van der Waals surface area contributed by atoms with Gasteiger partial charge >= 0.3 is 0 Å². The standard InChI is InChI=1S/C13H17N3O3/c1-8-6-12(17)16-10-7-9(2-3-11(10)19-8)13(18)15-5-4-14/h2-3,7-8H,4-6,14H2,1H3,(H,15,18)(H,16,17). The quantitative estimate of drug-likeness (QED) is 0.739. The predicted molar refractivity (Wildman–Crippen MR) is 71.2 cm³/mol. The number of carbonyl (C=O) groups excluding carboxylic acids is 2. The van der Waals surface area contributed by atoms with Crippen molar-refractivity contribution in [1.29, 1.82) is 0 Å². The molecule has 1 unspecified atom stereocenters. The van der Waals surface area contributed by atoms with E-state index in [0.29, 0.717) is 36.5 Å². The molecule has 6 nitrogen and oxygen atoms in total. The first-order chi connectivity index (χ1) is 9.10. The van der Waals surface area contributed by atoms with Crippen molar-refractivity contribution in [3.63, 3.8) is 0 Å². The van der Waals surface area contributed by atoms with Gasteiger partial charge in [-0.25, -0.2) is 0 Å². The zero-order chi connectivity index (χ0) is 13.8. The highest BCUT2D eigenvalue weighted by atomic mass is 16.5. The molecule has 102 valence electrons. The topological polar surface area (TPSA) is 93.5 Å². The smallest absolute Gasteiger partial charge is 0.251 e. The first-order valence-corrected chi connectivity index (χ1v) is 6.19. The molecule has 1 aliphatic rings. The molecule has 0 bridgehead atoms. The molecule has 4 N–H and O–H groups in total. The summed E-state index contributed by atoms with van der Waals surface area (Å²) in [7, 11) is 0. The lowest BCUT2D eigenvalue weighted by Gasteiger charge is -2.12. The van der Waals surface area contributed by atoms with Crippen LogP contribution in [0.2, 0.25) is 0 Å². The summed E-state index contributed by atoms with van der Waals surface area (Å²) < 4.78 is 5.61. The van der Waals surface area contributed by atoms with Crippen molar-refractivity contribution in [3.05, 3.63) is 23.8 Å². The molecular weight excluding hydrogens is 246 g/mol. The average molecular weight is 263 g/mol.